The molecule has 0 saturated heterocycles. The van der Waals surface area contributed by atoms with Gasteiger partial charge in [-0.25, -0.2) is 0 Å². The predicted molar refractivity (Wildman–Crippen MR) is 78.1 cm³/mol. The average Bonchev–Trinajstić information content (AvgIpc) is 2.83. The molecule has 18 heavy (non-hydrogen) atoms. The number of benzene rings is 2. The second-order valence-electron chi connectivity index (χ2n) is 4.42. The van der Waals surface area contributed by atoms with E-state index < -0.39 is 0 Å². The SMILES string of the molecule is CCc1cccc2cc(-c3ccc(Cl)cc3)[nH]c12. The van der Waals surface area contributed by atoms with E-state index in [1.807, 2.05) is 24.3 Å². The number of hydrogen-bond donors (Lipinski definition) is 1. The van der Waals surface area contributed by atoms with Crippen molar-refractivity contribution in [2.45, 2.75) is 13.3 Å². The third-order valence-corrected chi connectivity index (χ3v) is 3.53. The zero-order valence-corrected chi connectivity index (χ0v) is 11.0. The number of H-pyrrole nitrogens is 1. The quantitative estimate of drug-likeness (QED) is 0.659. The first-order valence-corrected chi connectivity index (χ1v) is 6.52. The van der Waals surface area contributed by atoms with Crippen molar-refractivity contribution in [2.75, 3.05) is 0 Å². The Bertz CT molecular complexity index is 680. The van der Waals surface area contributed by atoms with Crippen LogP contribution in [-0.4, -0.2) is 4.98 Å². The van der Waals surface area contributed by atoms with Crippen molar-refractivity contribution in [3.8, 4) is 11.3 Å². The first kappa shape index (κ1) is 11.4. The van der Waals surface area contributed by atoms with E-state index >= 15 is 0 Å². The summed E-state index contributed by atoms with van der Waals surface area (Å²) in [5.74, 6) is 0. The van der Waals surface area contributed by atoms with Crippen LogP contribution in [0.3, 0.4) is 0 Å². The molecule has 0 bridgehead atoms. The van der Waals surface area contributed by atoms with Gasteiger partial charge in [0.25, 0.3) is 0 Å². The molecule has 0 amide bonds. The molecule has 2 aromatic carbocycles. The molecule has 0 unspecified atom stereocenters. The van der Waals surface area contributed by atoms with Crippen molar-refractivity contribution in [3.63, 3.8) is 0 Å². The van der Waals surface area contributed by atoms with Crippen LogP contribution in [0.1, 0.15) is 12.5 Å². The lowest BCUT2D eigenvalue weighted by Crippen LogP contribution is -1.82. The van der Waals surface area contributed by atoms with Gasteiger partial charge in [-0.15, -0.1) is 0 Å². The second kappa shape index (κ2) is 4.51. The molecule has 0 aliphatic carbocycles. The molecule has 0 fully saturated rings. The third-order valence-electron chi connectivity index (χ3n) is 3.28. The molecule has 1 heterocycles. The summed E-state index contributed by atoms with van der Waals surface area (Å²) in [6.07, 6.45) is 1.04. The van der Waals surface area contributed by atoms with Crippen LogP contribution in [0.15, 0.2) is 48.5 Å². The smallest absolute Gasteiger partial charge is 0.0491 e. The summed E-state index contributed by atoms with van der Waals surface area (Å²) in [6.45, 7) is 2.18. The van der Waals surface area contributed by atoms with Gasteiger partial charge >= 0.3 is 0 Å². The van der Waals surface area contributed by atoms with E-state index in [2.05, 4.69) is 36.2 Å². The number of rotatable bonds is 2. The predicted octanol–water partition coefficient (Wildman–Crippen LogP) is 5.05. The van der Waals surface area contributed by atoms with Crippen LogP contribution in [0.2, 0.25) is 5.02 Å². The highest BCUT2D eigenvalue weighted by molar-refractivity contribution is 6.30. The van der Waals surface area contributed by atoms with E-state index in [9.17, 15) is 0 Å². The fraction of sp³-hybridized carbons (Fsp3) is 0.125. The molecule has 90 valence electrons. The topological polar surface area (TPSA) is 15.8 Å². The van der Waals surface area contributed by atoms with Crippen molar-refractivity contribution >= 4 is 22.5 Å². The van der Waals surface area contributed by atoms with Gasteiger partial charge in [0.1, 0.15) is 0 Å². The summed E-state index contributed by atoms with van der Waals surface area (Å²) in [7, 11) is 0. The number of nitrogens with one attached hydrogen (secondary N) is 1. The van der Waals surface area contributed by atoms with Crippen molar-refractivity contribution in [3.05, 3.63) is 59.1 Å². The number of aryl methyl sites for hydroxylation is 1. The molecule has 0 atom stereocenters. The molecular weight excluding hydrogens is 242 g/mol. The van der Waals surface area contributed by atoms with Gasteiger partial charge < -0.3 is 4.98 Å². The van der Waals surface area contributed by atoms with Crippen LogP contribution in [0.4, 0.5) is 0 Å². The Morgan fingerprint density at radius 1 is 1.06 bits per heavy atom. The number of halogens is 1. The Labute approximate surface area is 111 Å². The summed E-state index contributed by atoms with van der Waals surface area (Å²) in [5.41, 5.74) is 4.90. The normalized spacial score (nSPS) is 11.0. The fourth-order valence-electron chi connectivity index (χ4n) is 2.30. The lowest BCUT2D eigenvalue weighted by Gasteiger charge is -1.99. The van der Waals surface area contributed by atoms with E-state index in [4.69, 9.17) is 11.6 Å². The Balaban J connectivity index is 2.16. The Kier molecular flexibility index (Phi) is 2.85. The van der Waals surface area contributed by atoms with Gasteiger partial charge in [-0.05, 0) is 35.7 Å². The zero-order chi connectivity index (χ0) is 12.5. The number of para-hydroxylation sites is 1. The van der Waals surface area contributed by atoms with Crippen molar-refractivity contribution in [1.29, 1.82) is 0 Å². The summed E-state index contributed by atoms with van der Waals surface area (Å²) >= 11 is 5.92. The summed E-state index contributed by atoms with van der Waals surface area (Å²) in [6, 6.07) is 16.5. The van der Waals surface area contributed by atoms with Gasteiger partial charge in [0, 0.05) is 21.6 Å². The Morgan fingerprint density at radius 2 is 1.83 bits per heavy atom. The van der Waals surface area contributed by atoms with Crippen LogP contribution in [0.5, 0.6) is 0 Å². The lowest BCUT2D eigenvalue weighted by molar-refractivity contribution is 1.15. The fourth-order valence-corrected chi connectivity index (χ4v) is 2.42. The van der Waals surface area contributed by atoms with E-state index in [1.54, 1.807) is 0 Å². The first-order valence-electron chi connectivity index (χ1n) is 6.14. The van der Waals surface area contributed by atoms with Crippen molar-refractivity contribution in [2.24, 2.45) is 0 Å². The minimum atomic E-state index is 0.768. The van der Waals surface area contributed by atoms with Crippen molar-refractivity contribution in [1.82, 2.24) is 4.98 Å². The Hall–Kier alpha value is -1.73. The van der Waals surface area contributed by atoms with E-state index in [1.165, 1.54) is 16.5 Å². The molecule has 0 saturated carbocycles. The number of aromatic nitrogens is 1. The highest BCUT2D eigenvalue weighted by atomic mass is 35.5. The maximum Gasteiger partial charge on any atom is 0.0491 e. The number of aromatic amines is 1. The average molecular weight is 256 g/mol. The van der Waals surface area contributed by atoms with Gasteiger partial charge in [0.05, 0.1) is 0 Å². The van der Waals surface area contributed by atoms with Gasteiger partial charge in [0.2, 0.25) is 0 Å². The highest BCUT2D eigenvalue weighted by Gasteiger charge is 2.05. The summed E-state index contributed by atoms with van der Waals surface area (Å²) < 4.78 is 0. The summed E-state index contributed by atoms with van der Waals surface area (Å²) in [4.78, 5) is 3.51. The standard InChI is InChI=1S/C16H14ClN/c1-2-11-4-3-5-13-10-15(18-16(11)13)12-6-8-14(17)9-7-12/h3-10,18H,2H2,1H3. The monoisotopic (exact) mass is 255 g/mol. The molecule has 3 aromatic rings. The van der Waals surface area contributed by atoms with Crippen LogP contribution in [0.25, 0.3) is 22.2 Å². The minimum absolute atomic E-state index is 0.768. The molecule has 2 heteroatoms. The lowest BCUT2D eigenvalue weighted by atomic mass is 10.1. The number of fused-ring (bicyclic) bond motifs is 1. The van der Waals surface area contributed by atoms with Gasteiger partial charge in [-0.3, -0.25) is 0 Å². The molecule has 1 aromatic heterocycles. The molecule has 1 N–H and O–H groups in total. The van der Waals surface area contributed by atoms with Crippen LogP contribution >= 0.6 is 11.6 Å². The largest absolute Gasteiger partial charge is 0.354 e. The van der Waals surface area contributed by atoms with Crippen LogP contribution < -0.4 is 0 Å². The molecule has 0 radical (unpaired) electrons. The number of hydrogen-bond acceptors (Lipinski definition) is 0. The molecule has 0 aliphatic heterocycles. The van der Waals surface area contributed by atoms with E-state index in [0.29, 0.717) is 0 Å². The molecule has 0 spiro atoms. The molecule has 3 rings (SSSR count). The minimum Gasteiger partial charge on any atom is -0.354 e. The Morgan fingerprint density at radius 3 is 2.56 bits per heavy atom. The molecule has 1 nitrogen and oxygen atoms in total. The van der Waals surface area contributed by atoms with E-state index in [0.717, 1.165) is 22.7 Å². The van der Waals surface area contributed by atoms with Gasteiger partial charge in [-0.2, -0.15) is 0 Å². The summed E-state index contributed by atoms with van der Waals surface area (Å²) in [5, 5.41) is 2.03. The van der Waals surface area contributed by atoms with E-state index in [-0.39, 0.29) is 0 Å². The highest BCUT2D eigenvalue weighted by Crippen LogP contribution is 2.27. The second-order valence-corrected chi connectivity index (χ2v) is 4.86. The maximum atomic E-state index is 5.92. The van der Waals surface area contributed by atoms with Gasteiger partial charge in [0.15, 0.2) is 0 Å². The molecule has 0 aliphatic rings. The maximum absolute atomic E-state index is 5.92. The van der Waals surface area contributed by atoms with Crippen molar-refractivity contribution < 1.29 is 0 Å². The molecular formula is C16H14ClN. The first-order chi connectivity index (χ1) is 8.78. The van der Waals surface area contributed by atoms with Gasteiger partial charge in [-0.1, -0.05) is 48.9 Å². The zero-order valence-electron chi connectivity index (χ0n) is 10.2. The van der Waals surface area contributed by atoms with Crippen LogP contribution in [0, 0.1) is 0 Å². The third kappa shape index (κ3) is 1.91. The van der Waals surface area contributed by atoms with Crippen LogP contribution in [-0.2, 0) is 6.42 Å².